The third-order valence-corrected chi connectivity index (χ3v) is 4.07. The van der Waals surface area contributed by atoms with Gasteiger partial charge in [-0.05, 0) is 49.6 Å². The Hall–Kier alpha value is -3.07. The molecular weight excluding hydrogens is 334 g/mol. The Morgan fingerprint density at radius 2 is 1.48 bits per heavy atom. The van der Waals surface area contributed by atoms with Crippen LogP contribution in [0.2, 0.25) is 0 Å². The molecule has 3 aromatic carbocycles. The van der Waals surface area contributed by atoms with E-state index in [1.54, 1.807) is 0 Å². The van der Waals surface area contributed by atoms with Gasteiger partial charge in [-0.15, -0.1) is 0 Å². The number of ether oxygens (including phenoxy) is 1. The maximum Gasteiger partial charge on any atom is 0.340 e. The first kappa shape index (κ1) is 18.7. The number of rotatable bonds is 5. The molecule has 0 saturated heterocycles. The highest BCUT2D eigenvalue weighted by Gasteiger charge is 2.20. The SMILES string of the molecule is CC(C)(C)OC(=O)c1ccc(-c2ccccc2)cc1NCc1ccccc1. The van der Waals surface area contributed by atoms with Crippen LogP contribution in [0.5, 0.6) is 0 Å². The van der Waals surface area contributed by atoms with Crippen LogP contribution in [-0.2, 0) is 11.3 Å². The van der Waals surface area contributed by atoms with Crippen molar-refractivity contribution in [3.05, 3.63) is 90.0 Å². The number of esters is 1. The minimum atomic E-state index is -0.536. The van der Waals surface area contributed by atoms with E-state index in [-0.39, 0.29) is 5.97 Å². The lowest BCUT2D eigenvalue weighted by molar-refractivity contribution is 0.00707. The molecule has 0 saturated carbocycles. The Balaban J connectivity index is 1.92. The lowest BCUT2D eigenvalue weighted by Crippen LogP contribution is -2.24. The number of nitrogens with one attached hydrogen (secondary N) is 1. The molecule has 3 nitrogen and oxygen atoms in total. The minimum absolute atomic E-state index is 0.322. The van der Waals surface area contributed by atoms with Crippen molar-refractivity contribution < 1.29 is 9.53 Å². The molecule has 27 heavy (non-hydrogen) atoms. The Bertz CT molecular complexity index is 897. The first-order chi connectivity index (χ1) is 12.9. The van der Waals surface area contributed by atoms with Crippen LogP contribution in [0.15, 0.2) is 78.9 Å². The summed E-state index contributed by atoms with van der Waals surface area (Å²) in [7, 11) is 0. The first-order valence-corrected chi connectivity index (χ1v) is 9.13. The molecule has 138 valence electrons. The minimum Gasteiger partial charge on any atom is -0.456 e. The Kier molecular flexibility index (Phi) is 5.60. The monoisotopic (exact) mass is 359 g/mol. The number of hydrogen-bond donors (Lipinski definition) is 1. The maximum absolute atomic E-state index is 12.7. The van der Waals surface area contributed by atoms with E-state index >= 15 is 0 Å². The quantitative estimate of drug-likeness (QED) is 0.575. The summed E-state index contributed by atoms with van der Waals surface area (Å²) in [5.41, 5.74) is 4.09. The number of carbonyl (C=O) groups is 1. The van der Waals surface area contributed by atoms with Gasteiger partial charge in [0, 0.05) is 12.2 Å². The molecule has 0 heterocycles. The van der Waals surface area contributed by atoms with Gasteiger partial charge in [-0.1, -0.05) is 66.7 Å². The van der Waals surface area contributed by atoms with Crippen LogP contribution < -0.4 is 5.32 Å². The van der Waals surface area contributed by atoms with Gasteiger partial charge in [0.05, 0.1) is 5.56 Å². The maximum atomic E-state index is 12.7. The lowest BCUT2D eigenvalue weighted by atomic mass is 10.0. The summed E-state index contributed by atoms with van der Waals surface area (Å²) in [6.07, 6.45) is 0. The number of hydrogen-bond acceptors (Lipinski definition) is 3. The van der Waals surface area contributed by atoms with Crippen molar-refractivity contribution in [1.29, 1.82) is 0 Å². The lowest BCUT2D eigenvalue weighted by Gasteiger charge is -2.21. The summed E-state index contributed by atoms with van der Waals surface area (Å²) in [5, 5.41) is 3.41. The van der Waals surface area contributed by atoms with E-state index < -0.39 is 5.60 Å². The zero-order chi connectivity index (χ0) is 19.3. The standard InChI is InChI=1S/C24H25NO2/c1-24(2,3)27-23(26)21-15-14-20(19-12-8-5-9-13-19)16-22(21)25-17-18-10-6-4-7-11-18/h4-16,25H,17H2,1-3H3. The van der Waals surface area contributed by atoms with Crippen molar-refractivity contribution in [2.24, 2.45) is 0 Å². The van der Waals surface area contributed by atoms with E-state index in [1.165, 1.54) is 0 Å². The summed E-state index contributed by atoms with van der Waals surface area (Å²) in [5.74, 6) is -0.322. The molecule has 0 aromatic heterocycles. The normalized spacial score (nSPS) is 11.1. The summed E-state index contributed by atoms with van der Waals surface area (Å²) in [4.78, 5) is 12.7. The summed E-state index contributed by atoms with van der Waals surface area (Å²) < 4.78 is 5.58. The van der Waals surface area contributed by atoms with Crippen LogP contribution in [0.4, 0.5) is 5.69 Å². The largest absolute Gasteiger partial charge is 0.456 e. The van der Waals surface area contributed by atoms with Crippen molar-refractivity contribution >= 4 is 11.7 Å². The average molecular weight is 359 g/mol. The van der Waals surface area contributed by atoms with Crippen molar-refractivity contribution in [3.63, 3.8) is 0 Å². The summed E-state index contributed by atoms with van der Waals surface area (Å²) in [6.45, 7) is 6.26. The van der Waals surface area contributed by atoms with E-state index in [0.717, 1.165) is 22.4 Å². The van der Waals surface area contributed by atoms with Crippen LogP contribution in [-0.4, -0.2) is 11.6 Å². The Morgan fingerprint density at radius 1 is 0.852 bits per heavy atom. The van der Waals surface area contributed by atoms with Crippen LogP contribution in [0.25, 0.3) is 11.1 Å². The van der Waals surface area contributed by atoms with Gasteiger partial charge in [0.15, 0.2) is 0 Å². The molecule has 0 bridgehead atoms. The van der Waals surface area contributed by atoms with Crippen LogP contribution in [0.3, 0.4) is 0 Å². The van der Waals surface area contributed by atoms with Crippen molar-refractivity contribution in [2.45, 2.75) is 32.9 Å². The zero-order valence-electron chi connectivity index (χ0n) is 16.0. The topological polar surface area (TPSA) is 38.3 Å². The van der Waals surface area contributed by atoms with E-state index in [2.05, 4.69) is 29.6 Å². The van der Waals surface area contributed by atoms with E-state index in [9.17, 15) is 4.79 Å². The smallest absolute Gasteiger partial charge is 0.340 e. The second-order valence-electron chi connectivity index (χ2n) is 7.47. The van der Waals surface area contributed by atoms with Gasteiger partial charge in [-0.25, -0.2) is 4.79 Å². The van der Waals surface area contributed by atoms with Gasteiger partial charge in [0.2, 0.25) is 0 Å². The van der Waals surface area contributed by atoms with Gasteiger partial charge in [-0.2, -0.15) is 0 Å². The average Bonchev–Trinajstić information content (AvgIpc) is 2.66. The molecule has 0 radical (unpaired) electrons. The third-order valence-electron chi connectivity index (χ3n) is 4.07. The van der Waals surface area contributed by atoms with Crippen LogP contribution >= 0.6 is 0 Å². The summed E-state index contributed by atoms with van der Waals surface area (Å²) >= 11 is 0. The molecule has 0 aliphatic carbocycles. The molecular formula is C24H25NO2. The zero-order valence-corrected chi connectivity index (χ0v) is 16.0. The van der Waals surface area contributed by atoms with Gasteiger partial charge >= 0.3 is 5.97 Å². The van der Waals surface area contributed by atoms with Crippen LogP contribution in [0, 0.1) is 0 Å². The molecule has 0 atom stereocenters. The van der Waals surface area contributed by atoms with Crippen LogP contribution in [0.1, 0.15) is 36.7 Å². The highest BCUT2D eigenvalue weighted by atomic mass is 16.6. The predicted molar refractivity (Wildman–Crippen MR) is 111 cm³/mol. The molecule has 3 rings (SSSR count). The summed E-state index contributed by atoms with van der Waals surface area (Å²) in [6, 6.07) is 26.1. The van der Waals surface area contributed by atoms with Crippen molar-refractivity contribution in [2.75, 3.05) is 5.32 Å². The van der Waals surface area contributed by atoms with Gasteiger partial charge < -0.3 is 10.1 Å². The molecule has 0 aliphatic heterocycles. The molecule has 0 fully saturated rings. The van der Waals surface area contributed by atoms with Crippen molar-refractivity contribution in [1.82, 2.24) is 0 Å². The van der Waals surface area contributed by atoms with Gasteiger partial charge in [0.25, 0.3) is 0 Å². The fraction of sp³-hybridized carbons (Fsp3) is 0.208. The third kappa shape index (κ3) is 5.20. The van der Waals surface area contributed by atoms with Gasteiger partial charge in [-0.3, -0.25) is 0 Å². The first-order valence-electron chi connectivity index (χ1n) is 9.13. The molecule has 3 aromatic rings. The number of anilines is 1. The molecule has 0 unspecified atom stereocenters. The molecule has 0 aliphatic rings. The second-order valence-corrected chi connectivity index (χ2v) is 7.47. The van der Waals surface area contributed by atoms with E-state index in [0.29, 0.717) is 12.1 Å². The fourth-order valence-electron chi connectivity index (χ4n) is 2.80. The Labute approximate surface area is 161 Å². The van der Waals surface area contributed by atoms with E-state index in [1.807, 2.05) is 75.4 Å². The van der Waals surface area contributed by atoms with Crippen molar-refractivity contribution in [3.8, 4) is 11.1 Å². The highest BCUT2D eigenvalue weighted by Crippen LogP contribution is 2.27. The number of benzene rings is 3. The van der Waals surface area contributed by atoms with Gasteiger partial charge in [0.1, 0.15) is 5.60 Å². The fourth-order valence-corrected chi connectivity index (χ4v) is 2.80. The molecule has 3 heteroatoms. The molecule has 0 spiro atoms. The molecule has 1 N–H and O–H groups in total. The predicted octanol–water partition coefficient (Wildman–Crippen LogP) is 5.92. The number of carbonyl (C=O) groups excluding carboxylic acids is 1. The second kappa shape index (κ2) is 8.09. The molecule has 0 amide bonds. The highest BCUT2D eigenvalue weighted by molar-refractivity contribution is 5.97. The van der Waals surface area contributed by atoms with E-state index in [4.69, 9.17) is 4.74 Å². The Morgan fingerprint density at radius 3 is 2.11 bits per heavy atom.